The monoisotopic (exact) mass is 259 g/mol. The summed E-state index contributed by atoms with van der Waals surface area (Å²) >= 11 is 6.25. The van der Waals surface area contributed by atoms with Crippen molar-refractivity contribution in [2.45, 2.75) is 20.8 Å². The lowest BCUT2D eigenvalue weighted by Crippen LogP contribution is -2.03. The summed E-state index contributed by atoms with van der Waals surface area (Å²) in [4.78, 5) is 0. The quantitative estimate of drug-likeness (QED) is 0.852. The van der Waals surface area contributed by atoms with E-state index in [2.05, 4.69) is 6.07 Å². The van der Waals surface area contributed by atoms with E-state index in [1.54, 1.807) is 0 Å². The van der Waals surface area contributed by atoms with E-state index in [-0.39, 0.29) is 0 Å². The Hall–Kier alpha value is -1.92. The summed E-state index contributed by atoms with van der Waals surface area (Å²) in [5.74, 6) is 0.443. The minimum absolute atomic E-state index is 0.443. The molecule has 92 valence electrons. The molecule has 2 N–H and O–H groups in total. The Morgan fingerprint density at radius 2 is 1.94 bits per heavy atom. The van der Waals surface area contributed by atoms with Crippen LogP contribution in [-0.2, 0) is 0 Å². The Bertz CT molecular complexity index is 663. The number of aromatic nitrogens is 1. The van der Waals surface area contributed by atoms with Gasteiger partial charge in [0.15, 0.2) is 0 Å². The highest BCUT2D eigenvalue weighted by Crippen LogP contribution is 2.31. The average Bonchev–Trinajstić information content (AvgIpc) is 2.52. The molecule has 0 amide bonds. The first-order chi connectivity index (χ1) is 8.47. The summed E-state index contributed by atoms with van der Waals surface area (Å²) in [6, 6.07) is 7.91. The number of aryl methyl sites for hydroxylation is 1. The van der Waals surface area contributed by atoms with Gasteiger partial charge in [-0.1, -0.05) is 17.7 Å². The van der Waals surface area contributed by atoms with E-state index in [9.17, 15) is 0 Å². The van der Waals surface area contributed by atoms with Gasteiger partial charge in [-0.3, -0.25) is 4.57 Å². The summed E-state index contributed by atoms with van der Waals surface area (Å²) in [5, 5.41) is 9.75. The Labute approximate surface area is 111 Å². The van der Waals surface area contributed by atoms with Crippen LogP contribution in [0.2, 0.25) is 5.02 Å². The van der Waals surface area contributed by atoms with Crippen LogP contribution in [0.3, 0.4) is 0 Å². The third kappa shape index (κ3) is 1.75. The molecule has 0 spiro atoms. The summed E-state index contributed by atoms with van der Waals surface area (Å²) in [6.07, 6.45) is 0. The van der Waals surface area contributed by atoms with Crippen molar-refractivity contribution in [1.29, 1.82) is 5.26 Å². The van der Waals surface area contributed by atoms with Crippen molar-refractivity contribution in [3.63, 3.8) is 0 Å². The second-order valence-electron chi connectivity index (χ2n) is 4.37. The van der Waals surface area contributed by atoms with Crippen LogP contribution in [0.4, 0.5) is 5.82 Å². The fourth-order valence-electron chi connectivity index (χ4n) is 2.08. The zero-order chi connectivity index (χ0) is 13.4. The van der Waals surface area contributed by atoms with Gasteiger partial charge in [0, 0.05) is 5.69 Å². The maximum Gasteiger partial charge on any atom is 0.126 e. The Morgan fingerprint density at radius 3 is 2.44 bits per heavy atom. The number of nitriles is 1. The second kappa shape index (κ2) is 4.40. The highest BCUT2D eigenvalue weighted by molar-refractivity contribution is 6.32. The number of nitrogen functional groups attached to an aromatic ring is 1. The third-order valence-corrected chi connectivity index (χ3v) is 3.51. The molecule has 2 rings (SSSR count). The molecule has 0 atom stereocenters. The number of nitrogens with two attached hydrogens (primary N) is 1. The summed E-state index contributed by atoms with van der Waals surface area (Å²) < 4.78 is 1.83. The van der Waals surface area contributed by atoms with Gasteiger partial charge in [0.05, 0.1) is 16.3 Å². The molecule has 0 fully saturated rings. The summed E-state index contributed by atoms with van der Waals surface area (Å²) in [5.41, 5.74) is 10.3. The van der Waals surface area contributed by atoms with Gasteiger partial charge in [-0.25, -0.2) is 0 Å². The van der Waals surface area contributed by atoms with E-state index in [0.29, 0.717) is 16.4 Å². The Morgan fingerprint density at radius 1 is 1.28 bits per heavy atom. The van der Waals surface area contributed by atoms with Crippen LogP contribution in [0.5, 0.6) is 0 Å². The van der Waals surface area contributed by atoms with Crippen molar-refractivity contribution < 1.29 is 0 Å². The van der Waals surface area contributed by atoms with Crippen LogP contribution in [0.15, 0.2) is 18.2 Å². The van der Waals surface area contributed by atoms with E-state index in [0.717, 1.165) is 22.5 Å². The zero-order valence-corrected chi connectivity index (χ0v) is 11.3. The fourth-order valence-corrected chi connectivity index (χ4v) is 2.40. The molecular formula is C14H14ClN3. The van der Waals surface area contributed by atoms with Crippen molar-refractivity contribution in [2.75, 3.05) is 5.73 Å². The molecule has 4 heteroatoms. The van der Waals surface area contributed by atoms with Crippen molar-refractivity contribution >= 4 is 17.4 Å². The minimum Gasteiger partial charge on any atom is -0.384 e. The maximum absolute atomic E-state index is 9.12. The van der Waals surface area contributed by atoms with Gasteiger partial charge in [0.2, 0.25) is 0 Å². The van der Waals surface area contributed by atoms with Crippen LogP contribution >= 0.6 is 11.6 Å². The van der Waals surface area contributed by atoms with Crippen molar-refractivity contribution in [3.8, 4) is 11.8 Å². The molecule has 3 nitrogen and oxygen atoms in total. The van der Waals surface area contributed by atoms with Gasteiger partial charge < -0.3 is 5.73 Å². The first-order valence-electron chi connectivity index (χ1n) is 5.61. The molecule has 0 bridgehead atoms. The first kappa shape index (κ1) is 12.5. The molecule has 1 aromatic heterocycles. The lowest BCUT2D eigenvalue weighted by molar-refractivity contribution is 1.01. The topological polar surface area (TPSA) is 54.7 Å². The molecule has 0 aliphatic carbocycles. The van der Waals surface area contributed by atoms with Crippen LogP contribution in [0.1, 0.15) is 22.4 Å². The fraction of sp³-hybridized carbons (Fsp3) is 0.214. The number of hydrogen-bond acceptors (Lipinski definition) is 2. The van der Waals surface area contributed by atoms with Crippen molar-refractivity contribution in [1.82, 2.24) is 4.57 Å². The van der Waals surface area contributed by atoms with Crippen molar-refractivity contribution in [2.24, 2.45) is 0 Å². The Kier molecular flexibility index (Phi) is 3.06. The van der Waals surface area contributed by atoms with Crippen LogP contribution in [-0.4, -0.2) is 4.57 Å². The van der Waals surface area contributed by atoms with E-state index < -0.39 is 0 Å². The molecule has 1 aromatic carbocycles. The smallest absolute Gasteiger partial charge is 0.126 e. The van der Waals surface area contributed by atoms with Crippen LogP contribution < -0.4 is 5.73 Å². The average molecular weight is 260 g/mol. The lowest BCUT2D eigenvalue weighted by Gasteiger charge is -2.11. The molecule has 0 aliphatic heterocycles. The zero-order valence-electron chi connectivity index (χ0n) is 10.6. The third-order valence-electron chi connectivity index (χ3n) is 3.21. The highest BCUT2D eigenvalue weighted by atomic mass is 35.5. The van der Waals surface area contributed by atoms with Gasteiger partial charge in [0.25, 0.3) is 0 Å². The number of benzene rings is 1. The summed E-state index contributed by atoms with van der Waals surface area (Å²) in [7, 11) is 0. The molecule has 1 heterocycles. The molecule has 0 saturated carbocycles. The van der Waals surface area contributed by atoms with Gasteiger partial charge in [-0.2, -0.15) is 5.26 Å². The number of nitrogens with zero attached hydrogens (tertiary/aromatic N) is 2. The SMILES string of the molecule is Cc1ccc(-n2c(C)c(C)c(C#N)c2N)c(Cl)c1. The number of rotatable bonds is 1. The van der Waals surface area contributed by atoms with Gasteiger partial charge >= 0.3 is 0 Å². The number of hydrogen-bond donors (Lipinski definition) is 1. The normalized spacial score (nSPS) is 10.4. The van der Waals surface area contributed by atoms with E-state index in [4.69, 9.17) is 22.6 Å². The molecule has 0 saturated heterocycles. The predicted molar refractivity (Wildman–Crippen MR) is 74.1 cm³/mol. The molecule has 0 unspecified atom stereocenters. The number of halogens is 1. The van der Waals surface area contributed by atoms with Gasteiger partial charge in [-0.05, 0) is 44.0 Å². The predicted octanol–water partition coefficient (Wildman–Crippen LogP) is 3.51. The molecule has 2 aromatic rings. The largest absolute Gasteiger partial charge is 0.384 e. The first-order valence-corrected chi connectivity index (χ1v) is 5.99. The van der Waals surface area contributed by atoms with E-state index in [1.165, 1.54) is 0 Å². The highest BCUT2D eigenvalue weighted by Gasteiger charge is 2.17. The maximum atomic E-state index is 9.12. The van der Waals surface area contributed by atoms with Gasteiger partial charge in [0.1, 0.15) is 11.9 Å². The lowest BCUT2D eigenvalue weighted by atomic mass is 10.2. The molecule has 18 heavy (non-hydrogen) atoms. The number of anilines is 1. The standard InChI is InChI=1S/C14H14ClN3/c1-8-4-5-13(12(15)6-8)18-10(3)9(2)11(7-16)14(18)17/h4-6H,17H2,1-3H3. The van der Waals surface area contributed by atoms with E-state index >= 15 is 0 Å². The van der Waals surface area contributed by atoms with Crippen molar-refractivity contribution in [3.05, 3.63) is 45.6 Å². The minimum atomic E-state index is 0.443. The van der Waals surface area contributed by atoms with Gasteiger partial charge in [-0.15, -0.1) is 0 Å². The van der Waals surface area contributed by atoms with E-state index in [1.807, 2.05) is 43.5 Å². The molecule has 0 aliphatic rings. The molecule has 0 radical (unpaired) electrons. The molecular weight excluding hydrogens is 246 g/mol. The second-order valence-corrected chi connectivity index (χ2v) is 4.78. The Balaban J connectivity index is 2.77. The van der Waals surface area contributed by atoms with Crippen LogP contribution in [0, 0.1) is 32.1 Å². The van der Waals surface area contributed by atoms with Crippen LogP contribution in [0.25, 0.3) is 5.69 Å². The summed E-state index contributed by atoms with van der Waals surface area (Å²) in [6.45, 7) is 5.80.